The lowest BCUT2D eigenvalue weighted by Gasteiger charge is -2.32. The molecule has 1 aromatic rings. The normalized spacial score (nSPS) is 19.4. The van der Waals surface area contributed by atoms with E-state index in [4.69, 9.17) is 14.5 Å². The van der Waals surface area contributed by atoms with Crippen molar-refractivity contribution in [2.75, 3.05) is 60.1 Å². The second-order valence-corrected chi connectivity index (χ2v) is 9.03. The Hall–Kier alpha value is -1.79. The maximum atomic E-state index is 5.49. The Kier molecular flexibility index (Phi) is 9.94. The third-order valence-electron chi connectivity index (χ3n) is 6.68. The van der Waals surface area contributed by atoms with Crippen molar-refractivity contribution in [1.82, 2.24) is 15.1 Å². The summed E-state index contributed by atoms with van der Waals surface area (Å²) in [6.45, 7) is 10.3. The van der Waals surface area contributed by atoms with Gasteiger partial charge in [0.15, 0.2) is 5.96 Å². The average Bonchev–Trinajstić information content (AvgIpc) is 2.82. The summed E-state index contributed by atoms with van der Waals surface area (Å²) in [5, 5.41) is 3.49. The summed E-state index contributed by atoms with van der Waals surface area (Å²) in [4.78, 5) is 9.88. The van der Waals surface area contributed by atoms with Crippen LogP contribution in [0.15, 0.2) is 29.3 Å². The molecule has 2 heterocycles. The zero-order valence-electron chi connectivity index (χ0n) is 19.8. The summed E-state index contributed by atoms with van der Waals surface area (Å²) in [5.41, 5.74) is 1.36. The van der Waals surface area contributed by atoms with Gasteiger partial charge < -0.3 is 19.7 Å². The number of benzene rings is 1. The van der Waals surface area contributed by atoms with E-state index in [0.717, 1.165) is 70.1 Å². The highest BCUT2D eigenvalue weighted by Gasteiger charge is 2.20. The minimum Gasteiger partial charge on any atom is -0.497 e. The number of nitrogens with zero attached hydrogens (tertiary/aromatic N) is 3. The predicted molar refractivity (Wildman–Crippen MR) is 128 cm³/mol. The van der Waals surface area contributed by atoms with Crippen LogP contribution >= 0.6 is 0 Å². The van der Waals surface area contributed by atoms with Gasteiger partial charge in [-0.15, -0.1) is 0 Å². The van der Waals surface area contributed by atoms with E-state index in [2.05, 4.69) is 53.4 Å². The number of aliphatic imine (C=N–C) groups is 1. The predicted octanol–water partition coefficient (Wildman–Crippen LogP) is 3.62. The first-order chi connectivity index (χ1) is 15.2. The molecular weight excluding hydrogens is 388 g/mol. The van der Waals surface area contributed by atoms with Crippen molar-refractivity contribution in [2.24, 2.45) is 16.8 Å². The van der Waals surface area contributed by atoms with Gasteiger partial charge in [-0.05, 0) is 81.6 Å². The van der Waals surface area contributed by atoms with Crippen LogP contribution in [0.5, 0.6) is 5.75 Å². The second kappa shape index (κ2) is 12.9. The lowest BCUT2D eigenvalue weighted by Crippen LogP contribution is -2.41. The zero-order chi connectivity index (χ0) is 21.9. The molecule has 2 aliphatic heterocycles. The van der Waals surface area contributed by atoms with E-state index in [1.54, 1.807) is 7.11 Å². The van der Waals surface area contributed by atoms with Crippen molar-refractivity contribution in [3.8, 4) is 5.75 Å². The molecule has 1 aromatic carbocycles. The first-order valence-electron chi connectivity index (χ1n) is 12.1. The van der Waals surface area contributed by atoms with Crippen molar-refractivity contribution in [3.05, 3.63) is 29.8 Å². The summed E-state index contributed by atoms with van der Waals surface area (Å²) >= 11 is 0. The van der Waals surface area contributed by atoms with Crippen LogP contribution in [-0.4, -0.2) is 75.9 Å². The largest absolute Gasteiger partial charge is 0.497 e. The number of rotatable bonds is 9. The highest BCUT2D eigenvalue weighted by Crippen LogP contribution is 2.21. The van der Waals surface area contributed by atoms with Gasteiger partial charge in [0.05, 0.1) is 7.11 Å². The number of ether oxygens (including phenoxy) is 2. The third kappa shape index (κ3) is 8.00. The van der Waals surface area contributed by atoms with E-state index in [1.807, 2.05) is 0 Å². The summed E-state index contributed by atoms with van der Waals surface area (Å²) in [7, 11) is 3.89. The van der Waals surface area contributed by atoms with Crippen LogP contribution < -0.4 is 10.1 Å². The van der Waals surface area contributed by atoms with Crippen LogP contribution in [0.3, 0.4) is 0 Å². The molecule has 0 spiro atoms. The number of piperidine rings is 1. The smallest absolute Gasteiger partial charge is 0.193 e. The highest BCUT2D eigenvalue weighted by atomic mass is 16.5. The van der Waals surface area contributed by atoms with Gasteiger partial charge in [-0.1, -0.05) is 12.1 Å². The molecule has 2 saturated heterocycles. The molecule has 0 unspecified atom stereocenters. The van der Waals surface area contributed by atoms with Gasteiger partial charge in [-0.3, -0.25) is 9.89 Å². The lowest BCUT2D eigenvalue weighted by molar-refractivity contribution is 0.0625. The van der Waals surface area contributed by atoms with Crippen molar-refractivity contribution >= 4 is 5.96 Å². The van der Waals surface area contributed by atoms with Gasteiger partial charge >= 0.3 is 0 Å². The minimum atomic E-state index is 0.685. The lowest BCUT2D eigenvalue weighted by atomic mass is 9.96. The average molecular weight is 431 g/mol. The van der Waals surface area contributed by atoms with E-state index in [-0.39, 0.29) is 0 Å². The first kappa shape index (κ1) is 23.9. The van der Waals surface area contributed by atoms with Crippen molar-refractivity contribution < 1.29 is 9.47 Å². The topological polar surface area (TPSA) is 49.3 Å². The molecule has 0 amide bonds. The van der Waals surface area contributed by atoms with Gasteiger partial charge in [0.1, 0.15) is 5.75 Å². The molecule has 6 nitrogen and oxygen atoms in total. The number of guanidine groups is 1. The summed E-state index contributed by atoms with van der Waals surface area (Å²) in [5.74, 6) is 3.48. The van der Waals surface area contributed by atoms with E-state index in [0.29, 0.717) is 5.92 Å². The number of hydrogen-bond acceptors (Lipinski definition) is 4. The van der Waals surface area contributed by atoms with Gasteiger partial charge in [0, 0.05) is 46.4 Å². The van der Waals surface area contributed by atoms with Crippen LogP contribution in [0, 0.1) is 11.8 Å². The maximum Gasteiger partial charge on any atom is 0.193 e. The van der Waals surface area contributed by atoms with Gasteiger partial charge in [-0.25, -0.2) is 0 Å². The van der Waals surface area contributed by atoms with E-state index < -0.39 is 0 Å². The fraction of sp³-hybridized carbons (Fsp3) is 0.720. The Labute approximate surface area is 189 Å². The molecule has 0 saturated carbocycles. The molecule has 0 atom stereocenters. The summed E-state index contributed by atoms with van der Waals surface area (Å²) in [6.07, 6.45) is 6.09. The van der Waals surface area contributed by atoms with Gasteiger partial charge in [0.25, 0.3) is 0 Å². The SMILES string of the molecule is CCNC(=NCC1CCN(Cc2ccc(OC)cc2)CC1)N(C)CCC1CCOCC1. The summed E-state index contributed by atoms with van der Waals surface area (Å²) in [6, 6.07) is 8.46. The third-order valence-corrected chi connectivity index (χ3v) is 6.68. The highest BCUT2D eigenvalue weighted by molar-refractivity contribution is 5.79. The minimum absolute atomic E-state index is 0.685. The Bertz CT molecular complexity index is 650. The van der Waals surface area contributed by atoms with Crippen molar-refractivity contribution in [1.29, 1.82) is 0 Å². The number of likely N-dealkylation sites (tertiary alicyclic amines) is 1. The Morgan fingerprint density at radius 1 is 1.13 bits per heavy atom. The first-order valence-corrected chi connectivity index (χ1v) is 12.1. The molecule has 0 aromatic heterocycles. The van der Waals surface area contributed by atoms with E-state index >= 15 is 0 Å². The van der Waals surface area contributed by atoms with Crippen LogP contribution in [0.25, 0.3) is 0 Å². The zero-order valence-corrected chi connectivity index (χ0v) is 19.8. The number of methoxy groups -OCH3 is 1. The molecule has 0 bridgehead atoms. The number of nitrogens with one attached hydrogen (secondary N) is 1. The van der Waals surface area contributed by atoms with Crippen LogP contribution in [0.4, 0.5) is 0 Å². The monoisotopic (exact) mass is 430 g/mol. The quantitative estimate of drug-likeness (QED) is 0.479. The summed E-state index contributed by atoms with van der Waals surface area (Å²) < 4.78 is 10.8. The van der Waals surface area contributed by atoms with Crippen LogP contribution in [0.2, 0.25) is 0 Å². The molecule has 1 N–H and O–H groups in total. The standard InChI is InChI=1S/C25H42N4O2/c1-4-26-25(28(2)14-9-21-12-17-31-18-13-21)27-19-22-10-15-29(16-11-22)20-23-5-7-24(30-3)8-6-23/h5-8,21-22H,4,9-20H2,1-3H3,(H,26,27). The molecule has 6 heteroatoms. The van der Waals surface area contributed by atoms with Crippen LogP contribution in [0.1, 0.15) is 44.6 Å². The Balaban J connectivity index is 1.41. The molecule has 2 aliphatic rings. The number of hydrogen-bond donors (Lipinski definition) is 1. The fourth-order valence-corrected chi connectivity index (χ4v) is 4.52. The second-order valence-electron chi connectivity index (χ2n) is 9.03. The Morgan fingerprint density at radius 3 is 2.48 bits per heavy atom. The molecule has 2 fully saturated rings. The van der Waals surface area contributed by atoms with Crippen molar-refractivity contribution in [3.63, 3.8) is 0 Å². The Morgan fingerprint density at radius 2 is 1.84 bits per heavy atom. The maximum absolute atomic E-state index is 5.49. The van der Waals surface area contributed by atoms with Gasteiger partial charge in [-0.2, -0.15) is 0 Å². The van der Waals surface area contributed by atoms with E-state index in [9.17, 15) is 0 Å². The molecule has 3 rings (SSSR count). The van der Waals surface area contributed by atoms with Crippen molar-refractivity contribution in [2.45, 2.75) is 45.6 Å². The molecule has 174 valence electrons. The molecule has 0 aliphatic carbocycles. The van der Waals surface area contributed by atoms with E-state index in [1.165, 1.54) is 37.7 Å². The fourth-order valence-electron chi connectivity index (χ4n) is 4.52. The molecule has 0 radical (unpaired) electrons. The molecule has 31 heavy (non-hydrogen) atoms. The van der Waals surface area contributed by atoms with Gasteiger partial charge in [0.2, 0.25) is 0 Å². The van der Waals surface area contributed by atoms with Crippen LogP contribution in [-0.2, 0) is 11.3 Å². The molecular formula is C25H42N4O2.